The number of hydrogen-bond donors (Lipinski definition) is 0. The van der Waals surface area contributed by atoms with Crippen LogP contribution in [0.2, 0.25) is 0 Å². The second-order valence-electron chi connectivity index (χ2n) is 9.93. The molecule has 0 bridgehead atoms. The molecule has 6 heteroatoms. The van der Waals surface area contributed by atoms with Gasteiger partial charge in [0.05, 0.1) is 11.8 Å². The van der Waals surface area contributed by atoms with Crippen molar-refractivity contribution in [2.75, 3.05) is 0 Å². The maximum atomic E-state index is 13.1. The molecule has 0 amide bonds. The molecule has 2 fully saturated rings. The van der Waals surface area contributed by atoms with Gasteiger partial charge in [0, 0.05) is 45.8 Å². The van der Waals surface area contributed by atoms with Gasteiger partial charge in [-0.05, 0) is 39.8 Å². The fourth-order valence-corrected chi connectivity index (χ4v) is 6.51. The zero-order valence-electron chi connectivity index (χ0n) is 17.1. The highest BCUT2D eigenvalue weighted by molar-refractivity contribution is 9.10. The molecule has 152 valence electrons. The molecule has 0 aliphatic heterocycles. The molecule has 2 aliphatic rings. The van der Waals surface area contributed by atoms with Crippen LogP contribution in [0.25, 0.3) is 0 Å². The average molecular weight is 467 g/mol. The molecular formula is C22H27BrO4S. The number of aryl methyl sites for hydroxylation is 1. The Labute approximate surface area is 178 Å². The molecule has 0 radical (unpaired) electrons. The third-order valence-electron chi connectivity index (χ3n) is 5.92. The molecule has 1 heterocycles. The standard InChI is InChI=1S/C22H27BrO4S/c1-11-12(23)6-17(28-11)20(18-13(24)7-21(2,3)8-14(18)25)19-15(26)9-22(4,5)10-16(19)27/h6,18-20H,7-10H2,1-5H3. The minimum absolute atomic E-state index is 0.140. The van der Waals surface area contributed by atoms with E-state index in [0.717, 1.165) is 14.2 Å². The summed E-state index contributed by atoms with van der Waals surface area (Å²) in [5.41, 5.74) is -0.743. The molecule has 0 spiro atoms. The van der Waals surface area contributed by atoms with Crippen molar-refractivity contribution in [2.24, 2.45) is 22.7 Å². The Balaban J connectivity index is 2.09. The van der Waals surface area contributed by atoms with Crippen LogP contribution in [0.5, 0.6) is 0 Å². The van der Waals surface area contributed by atoms with Gasteiger partial charge in [-0.15, -0.1) is 11.3 Å². The highest BCUT2D eigenvalue weighted by Gasteiger charge is 2.52. The van der Waals surface area contributed by atoms with Crippen molar-refractivity contribution in [3.05, 3.63) is 20.3 Å². The summed E-state index contributed by atoms with van der Waals surface area (Å²) in [5.74, 6) is -3.05. The lowest BCUT2D eigenvalue weighted by molar-refractivity contribution is -0.145. The van der Waals surface area contributed by atoms with E-state index in [1.54, 1.807) is 0 Å². The Morgan fingerprint density at radius 3 is 1.50 bits per heavy atom. The number of carbonyl (C=O) groups is 4. The van der Waals surface area contributed by atoms with Crippen LogP contribution in [0.15, 0.2) is 10.5 Å². The average Bonchev–Trinajstić information content (AvgIpc) is 2.81. The van der Waals surface area contributed by atoms with Gasteiger partial charge in [-0.25, -0.2) is 0 Å². The van der Waals surface area contributed by atoms with Crippen LogP contribution in [-0.4, -0.2) is 23.1 Å². The van der Waals surface area contributed by atoms with Crippen LogP contribution >= 0.6 is 27.3 Å². The molecule has 1 aromatic heterocycles. The van der Waals surface area contributed by atoms with Crippen molar-refractivity contribution < 1.29 is 19.2 Å². The summed E-state index contributed by atoms with van der Waals surface area (Å²) in [6.45, 7) is 9.61. The predicted molar refractivity (Wildman–Crippen MR) is 113 cm³/mol. The summed E-state index contributed by atoms with van der Waals surface area (Å²) in [5, 5.41) is 0. The lowest BCUT2D eigenvalue weighted by Crippen LogP contribution is -2.48. The van der Waals surface area contributed by atoms with Crippen LogP contribution in [0.3, 0.4) is 0 Å². The Morgan fingerprint density at radius 1 is 0.857 bits per heavy atom. The topological polar surface area (TPSA) is 68.3 Å². The van der Waals surface area contributed by atoms with Crippen LogP contribution in [0.4, 0.5) is 0 Å². The summed E-state index contributed by atoms with van der Waals surface area (Å²) >= 11 is 4.96. The van der Waals surface area contributed by atoms with Crippen molar-refractivity contribution in [3.8, 4) is 0 Å². The summed E-state index contributed by atoms with van der Waals surface area (Å²) < 4.78 is 0.879. The van der Waals surface area contributed by atoms with Crippen molar-refractivity contribution in [1.29, 1.82) is 0 Å². The number of Topliss-reactive ketones (excluding diaryl/α,β-unsaturated/α-hetero) is 4. The molecular weight excluding hydrogens is 440 g/mol. The molecule has 0 atom stereocenters. The van der Waals surface area contributed by atoms with Crippen LogP contribution < -0.4 is 0 Å². The minimum Gasteiger partial charge on any atom is -0.299 e. The van der Waals surface area contributed by atoms with Gasteiger partial charge in [0.1, 0.15) is 23.1 Å². The van der Waals surface area contributed by atoms with Gasteiger partial charge < -0.3 is 0 Å². The highest BCUT2D eigenvalue weighted by Crippen LogP contribution is 2.49. The van der Waals surface area contributed by atoms with Gasteiger partial charge in [0.15, 0.2) is 0 Å². The summed E-state index contributed by atoms with van der Waals surface area (Å²) in [6, 6.07) is 1.88. The second kappa shape index (κ2) is 7.28. The van der Waals surface area contributed by atoms with E-state index >= 15 is 0 Å². The van der Waals surface area contributed by atoms with Crippen molar-refractivity contribution in [1.82, 2.24) is 0 Å². The maximum absolute atomic E-state index is 13.1. The molecule has 0 unspecified atom stereocenters. The third kappa shape index (κ3) is 4.09. The number of rotatable bonds is 3. The Hall–Kier alpha value is -1.14. The molecule has 0 aromatic carbocycles. The van der Waals surface area contributed by atoms with Gasteiger partial charge in [-0.3, -0.25) is 19.2 Å². The summed E-state index contributed by atoms with van der Waals surface area (Å²) in [4.78, 5) is 54.0. The normalized spacial score (nSPS) is 23.7. The van der Waals surface area contributed by atoms with E-state index in [-0.39, 0.29) is 34.0 Å². The molecule has 28 heavy (non-hydrogen) atoms. The third-order valence-corrected chi connectivity index (χ3v) is 8.16. The Kier molecular flexibility index (Phi) is 5.61. The lowest BCUT2D eigenvalue weighted by atomic mass is 9.60. The van der Waals surface area contributed by atoms with Crippen LogP contribution in [0.1, 0.15) is 69.1 Å². The lowest BCUT2D eigenvalue weighted by Gasteiger charge is -2.40. The maximum Gasteiger partial charge on any atom is 0.144 e. The van der Waals surface area contributed by atoms with Crippen molar-refractivity contribution >= 4 is 50.4 Å². The molecule has 0 saturated heterocycles. The van der Waals surface area contributed by atoms with Crippen molar-refractivity contribution in [3.63, 3.8) is 0 Å². The van der Waals surface area contributed by atoms with E-state index in [2.05, 4.69) is 15.9 Å². The van der Waals surface area contributed by atoms with Gasteiger partial charge in [-0.1, -0.05) is 27.7 Å². The monoisotopic (exact) mass is 466 g/mol. The highest BCUT2D eigenvalue weighted by atomic mass is 79.9. The first-order chi connectivity index (χ1) is 12.8. The van der Waals surface area contributed by atoms with Crippen molar-refractivity contribution in [2.45, 2.75) is 66.2 Å². The van der Waals surface area contributed by atoms with E-state index in [1.807, 2.05) is 40.7 Å². The van der Waals surface area contributed by atoms with Gasteiger partial charge in [-0.2, -0.15) is 0 Å². The largest absolute Gasteiger partial charge is 0.299 e. The van der Waals surface area contributed by atoms with Gasteiger partial charge >= 0.3 is 0 Å². The Bertz CT molecular complexity index is 756. The SMILES string of the molecule is Cc1sc(C(C2C(=O)CC(C)(C)CC2=O)C2C(=O)CC(C)(C)CC2=O)cc1Br. The number of carbonyl (C=O) groups excluding carboxylic acids is 4. The molecule has 2 aliphatic carbocycles. The molecule has 4 nitrogen and oxygen atoms in total. The quantitative estimate of drug-likeness (QED) is 0.584. The summed E-state index contributed by atoms with van der Waals surface area (Å²) in [6.07, 6.45) is 1.19. The number of halogens is 1. The second-order valence-corrected chi connectivity index (χ2v) is 12.1. The number of thiophene rings is 1. The summed E-state index contributed by atoms with van der Waals surface area (Å²) in [7, 11) is 0. The zero-order chi connectivity index (χ0) is 21.0. The number of ketones is 4. The van der Waals surface area contributed by atoms with E-state index in [1.165, 1.54) is 11.3 Å². The van der Waals surface area contributed by atoms with E-state index < -0.39 is 17.8 Å². The van der Waals surface area contributed by atoms with Crippen LogP contribution in [0, 0.1) is 29.6 Å². The van der Waals surface area contributed by atoms with E-state index in [0.29, 0.717) is 25.7 Å². The molecule has 0 N–H and O–H groups in total. The van der Waals surface area contributed by atoms with E-state index in [4.69, 9.17) is 0 Å². The minimum atomic E-state index is -0.905. The van der Waals surface area contributed by atoms with Gasteiger partial charge in [0.2, 0.25) is 0 Å². The molecule has 2 saturated carbocycles. The zero-order valence-corrected chi connectivity index (χ0v) is 19.5. The first-order valence-corrected chi connectivity index (χ1v) is 11.3. The fourth-order valence-electron chi connectivity index (χ4n) is 4.78. The van der Waals surface area contributed by atoms with Crippen LogP contribution in [-0.2, 0) is 19.2 Å². The molecule has 1 aromatic rings. The number of hydrogen-bond acceptors (Lipinski definition) is 5. The smallest absolute Gasteiger partial charge is 0.144 e. The first-order valence-electron chi connectivity index (χ1n) is 9.68. The fraction of sp³-hybridized carbons (Fsp3) is 0.636. The van der Waals surface area contributed by atoms with E-state index in [9.17, 15) is 19.2 Å². The van der Waals surface area contributed by atoms with Gasteiger partial charge in [0.25, 0.3) is 0 Å². The predicted octanol–water partition coefficient (Wildman–Crippen LogP) is 5.05. The first kappa shape index (κ1) is 21.6. The Morgan fingerprint density at radius 2 is 1.21 bits per heavy atom. The molecule has 3 rings (SSSR count).